The van der Waals surface area contributed by atoms with Crippen LogP contribution in [0, 0.1) is 0 Å². The Hall–Kier alpha value is -2.02. The van der Waals surface area contributed by atoms with Gasteiger partial charge in [-0.25, -0.2) is 8.42 Å². The molecule has 0 amide bonds. The standard InChI is InChI=1S/C13H12N2O3S/c14-15-19(17,18)12-9-5-4-8-11(12)13(16)10-6-2-1-3-7-10/h1-9,15H,14H2. The van der Waals surface area contributed by atoms with Gasteiger partial charge in [0.25, 0.3) is 10.0 Å². The fourth-order valence-electron chi connectivity index (χ4n) is 1.70. The van der Waals surface area contributed by atoms with Crippen molar-refractivity contribution in [3.63, 3.8) is 0 Å². The maximum Gasteiger partial charge on any atom is 0.253 e. The van der Waals surface area contributed by atoms with Crippen LogP contribution in [-0.4, -0.2) is 14.2 Å². The molecule has 2 rings (SSSR count). The van der Waals surface area contributed by atoms with Gasteiger partial charge in [0.2, 0.25) is 0 Å². The van der Waals surface area contributed by atoms with Crippen LogP contribution in [0.3, 0.4) is 0 Å². The summed E-state index contributed by atoms with van der Waals surface area (Å²) >= 11 is 0. The van der Waals surface area contributed by atoms with Crippen molar-refractivity contribution in [3.05, 3.63) is 65.7 Å². The van der Waals surface area contributed by atoms with Crippen LogP contribution >= 0.6 is 0 Å². The lowest BCUT2D eigenvalue weighted by Crippen LogP contribution is -2.31. The molecule has 0 bridgehead atoms. The summed E-state index contributed by atoms with van der Waals surface area (Å²) in [6, 6.07) is 14.4. The Bertz CT molecular complexity index is 697. The van der Waals surface area contributed by atoms with E-state index in [1.807, 2.05) is 0 Å². The van der Waals surface area contributed by atoms with Crippen LogP contribution in [-0.2, 0) is 10.0 Å². The first-order chi connectivity index (χ1) is 9.06. The summed E-state index contributed by atoms with van der Waals surface area (Å²) in [5.41, 5.74) is 0.508. The van der Waals surface area contributed by atoms with Crippen LogP contribution in [0.5, 0.6) is 0 Å². The van der Waals surface area contributed by atoms with E-state index in [0.717, 1.165) is 0 Å². The molecule has 0 aromatic heterocycles. The molecule has 0 saturated heterocycles. The van der Waals surface area contributed by atoms with E-state index >= 15 is 0 Å². The Balaban J connectivity index is 2.56. The highest BCUT2D eigenvalue weighted by atomic mass is 32.2. The summed E-state index contributed by atoms with van der Waals surface area (Å²) in [5, 5.41) is 0. The largest absolute Gasteiger partial charge is 0.289 e. The molecule has 3 N–H and O–H groups in total. The average Bonchev–Trinajstić information content (AvgIpc) is 2.47. The molecule has 0 fully saturated rings. The molecule has 0 saturated carbocycles. The highest BCUT2D eigenvalue weighted by Gasteiger charge is 2.21. The predicted octanol–water partition coefficient (Wildman–Crippen LogP) is 1.07. The van der Waals surface area contributed by atoms with E-state index in [2.05, 4.69) is 0 Å². The molecular formula is C13H12N2O3S. The van der Waals surface area contributed by atoms with Gasteiger partial charge >= 0.3 is 0 Å². The van der Waals surface area contributed by atoms with Gasteiger partial charge in [-0.2, -0.15) is 4.83 Å². The monoisotopic (exact) mass is 276 g/mol. The molecule has 19 heavy (non-hydrogen) atoms. The lowest BCUT2D eigenvalue weighted by Gasteiger charge is -2.08. The molecule has 0 aliphatic rings. The Kier molecular flexibility index (Phi) is 3.75. The average molecular weight is 276 g/mol. The lowest BCUT2D eigenvalue weighted by molar-refractivity contribution is 0.103. The Morgan fingerprint density at radius 1 is 0.947 bits per heavy atom. The van der Waals surface area contributed by atoms with E-state index in [0.29, 0.717) is 5.56 Å². The summed E-state index contributed by atoms with van der Waals surface area (Å²) < 4.78 is 23.5. The van der Waals surface area contributed by atoms with Crippen LogP contribution < -0.4 is 10.7 Å². The second kappa shape index (κ2) is 5.31. The Labute approximate surface area is 111 Å². The number of hydrazine groups is 1. The zero-order chi connectivity index (χ0) is 13.9. The van der Waals surface area contributed by atoms with Gasteiger partial charge in [0.05, 0.1) is 4.90 Å². The summed E-state index contributed by atoms with van der Waals surface area (Å²) in [4.78, 5) is 13.9. The van der Waals surface area contributed by atoms with Gasteiger partial charge in [-0.05, 0) is 12.1 Å². The van der Waals surface area contributed by atoms with Crippen molar-refractivity contribution in [3.8, 4) is 0 Å². The van der Waals surface area contributed by atoms with Crippen LogP contribution in [0.2, 0.25) is 0 Å². The molecular weight excluding hydrogens is 264 g/mol. The molecule has 98 valence electrons. The van der Waals surface area contributed by atoms with Crippen molar-refractivity contribution in [1.29, 1.82) is 0 Å². The van der Waals surface area contributed by atoms with Crippen molar-refractivity contribution in [2.75, 3.05) is 0 Å². The number of carbonyl (C=O) groups excluding carboxylic acids is 1. The predicted molar refractivity (Wildman–Crippen MR) is 70.8 cm³/mol. The molecule has 0 spiro atoms. The van der Waals surface area contributed by atoms with Crippen molar-refractivity contribution in [2.24, 2.45) is 5.84 Å². The normalized spacial score (nSPS) is 11.2. The van der Waals surface area contributed by atoms with Gasteiger partial charge < -0.3 is 0 Å². The van der Waals surface area contributed by atoms with E-state index < -0.39 is 10.0 Å². The fourth-order valence-corrected chi connectivity index (χ4v) is 2.53. The minimum atomic E-state index is -3.87. The number of rotatable bonds is 4. The maximum absolute atomic E-state index is 12.3. The summed E-state index contributed by atoms with van der Waals surface area (Å²) in [7, 11) is -3.87. The number of nitrogens with one attached hydrogen (secondary N) is 1. The highest BCUT2D eigenvalue weighted by Crippen LogP contribution is 2.18. The molecule has 0 heterocycles. The second-order valence-electron chi connectivity index (χ2n) is 3.81. The number of benzene rings is 2. The molecule has 0 aliphatic carbocycles. The van der Waals surface area contributed by atoms with E-state index in [-0.39, 0.29) is 16.2 Å². The van der Waals surface area contributed by atoms with Crippen LogP contribution in [0.4, 0.5) is 0 Å². The van der Waals surface area contributed by atoms with Gasteiger partial charge in [0, 0.05) is 11.1 Å². The molecule has 2 aromatic rings. The molecule has 5 nitrogen and oxygen atoms in total. The van der Waals surface area contributed by atoms with Gasteiger partial charge in [-0.15, -0.1) is 0 Å². The Morgan fingerprint density at radius 3 is 2.16 bits per heavy atom. The number of nitrogens with two attached hydrogens (primary N) is 1. The second-order valence-corrected chi connectivity index (χ2v) is 5.49. The Morgan fingerprint density at radius 2 is 1.53 bits per heavy atom. The molecule has 2 aromatic carbocycles. The molecule has 0 unspecified atom stereocenters. The van der Waals surface area contributed by atoms with Crippen LogP contribution in [0.25, 0.3) is 0 Å². The molecule has 0 radical (unpaired) electrons. The first-order valence-corrected chi connectivity index (χ1v) is 6.96. The van der Waals surface area contributed by atoms with E-state index in [4.69, 9.17) is 5.84 Å². The van der Waals surface area contributed by atoms with Crippen molar-refractivity contribution >= 4 is 15.8 Å². The number of hydrogen-bond donors (Lipinski definition) is 2. The van der Waals surface area contributed by atoms with E-state index in [1.54, 1.807) is 41.2 Å². The minimum Gasteiger partial charge on any atom is -0.289 e. The first kappa shape index (κ1) is 13.4. The molecule has 6 heteroatoms. The summed E-state index contributed by atoms with van der Waals surface area (Å²) in [5.74, 6) is 4.63. The topological polar surface area (TPSA) is 89.3 Å². The quantitative estimate of drug-likeness (QED) is 0.496. The lowest BCUT2D eigenvalue weighted by atomic mass is 10.0. The molecule has 0 atom stereocenters. The minimum absolute atomic E-state index is 0.0895. The summed E-state index contributed by atoms with van der Waals surface area (Å²) in [6.07, 6.45) is 0. The zero-order valence-corrected chi connectivity index (χ0v) is 10.7. The zero-order valence-electron chi connectivity index (χ0n) is 9.91. The third-order valence-corrected chi connectivity index (χ3v) is 3.86. The maximum atomic E-state index is 12.3. The number of carbonyl (C=O) groups is 1. The smallest absolute Gasteiger partial charge is 0.253 e. The van der Waals surface area contributed by atoms with Crippen LogP contribution in [0.1, 0.15) is 15.9 Å². The van der Waals surface area contributed by atoms with Gasteiger partial charge in [-0.3, -0.25) is 10.6 Å². The van der Waals surface area contributed by atoms with Gasteiger partial charge in [0.15, 0.2) is 5.78 Å². The number of ketones is 1. The van der Waals surface area contributed by atoms with E-state index in [1.165, 1.54) is 18.2 Å². The van der Waals surface area contributed by atoms with Crippen molar-refractivity contribution in [1.82, 2.24) is 4.83 Å². The van der Waals surface area contributed by atoms with Crippen molar-refractivity contribution in [2.45, 2.75) is 4.90 Å². The fraction of sp³-hybridized carbons (Fsp3) is 0. The molecule has 0 aliphatic heterocycles. The third kappa shape index (κ3) is 2.70. The highest BCUT2D eigenvalue weighted by molar-refractivity contribution is 7.89. The van der Waals surface area contributed by atoms with Gasteiger partial charge in [0.1, 0.15) is 0 Å². The number of sulfonamides is 1. The SMILES string of the molecule is NNS(=O)(=O)c1ccccc1C(=O)c1ccccc1. The first-order valence-electron chi connectivity index (χ1n) is 5.47. The van der Waals surface area contributed by atoms with Crippen LogP contribution in [0.15, 0.2) is 59.5 Å². The van der Waals surface area contributed by atoms with Crippen molar-refractivity contribution < 1.29 is 13.2 Å². The summed E-state index contributed by atoms with van der Waals surface area (Å²) in [6.45, 7) is 0. The van der Waals surface area contributed by atoms with Gasteiger partial charge in [-0.1, -0.05) is 42.5 Å². The number of hydrogen-bond acceptors (Lipinski definition) is 4. The third-order valence-electron chi connectivity index (χ3n) is 2.61. The van der Waals surface area contributed by atoms with E-state index in [9.17, 15) is 13.2 Å².